The lowest BCUT2D eigenvalue weighted by atomic mass is 9.99. The van der Waals surface area contributed by atoms with E-state index < -0.39 is 11.6 Å². The molecule has 5 aromatic rings. The monoisotopic (exact) mass is 475 g/mol. The molecule has 0 fully saturated rings. The van der Waals surface area contributed by atoms with E-state index in [4.69, 9.17) is 15.2 Å². The zero-order valence-corrected chi connectivity index (χ0v) is 19.9. The average Bonchev–Trinajstić information content (AvgIpc) is 2.95. The van der Waals surface area contributed by atoms with Gasteiger partial charge in [0.1, 0.15) is 11.6 Å². The van der Waals surface area contributed by atoms with Crippen LogP contribution in [0.15, 0.2) is 103 Å². The van der Waals surface area contributed by atoms with E-state index in [-0.39, 0.29) is 16.7 Å². The molecule has 0 unspecified atom stereocenters. The lowest BCUT2D eigenvalue weighted by molar-refractivity contribution is 0.616. The first-order valence-electron chi connectivity index (χ1n) is 11.6. The van der Waals surface area contributed by atoms with E-state index in [9.17, 15) is 4.39 Å². The summed E-state index contributed by atoms with van der Waals surface area (Å²) < 4.78 is 29.6. The van der Waals surface area contributed by atoms with Gasteiger partial charge < -0.3 is 0 Å². The van der Waals surface area contributed by atoms with Gasteiger partial charge in [-0.15, -0.1) is 0 Å². The van der Waals surface area contributed by atoms with E-state index in [2.05, 4.69) is 0 Å². The molecule has 0 aliphatic carbocycles. The van der Waals surface area contributed by atoms with Gasteiger partial charge in [0.05, 0.1) is 23.0 Å². The number of aromatic nitrogens is 2. The van der Waals surface area contributed by atoms with Crippen LogP contribution in [0.4, 0.5) is 8.78 Å². The SMILES string of the molecule is CC.N#Cc1ccc(-c2ccc(-c3cc(-c4ccccc4)nc(-c4ccccc4)n3)cc2F)c(F)c1. The summed E-state index contributed by atoms with van der Waals surface area (Å²) in [5.74, 6) is -0.702. The molecule has 0 aliphatic rings. The molecular formula is C31H23F2N3. The highest BCUT2D eigenvalue weighted by Gasteiger charge is 2.15. The van der Waals surface area contributed by atoms with Gasteiger partial charge >= 0.3 is 0 Å². The number of benzene rings is 4. The molecule has 0 atom stereocenters. The van der Waals surface area contributed by atoms with Gasteiger partial charge in [0, 0.05) is 27.8 Å². The summed E-state index contributed by atoms with van der Waals surface area (Å²) in [7, 11) is 0. The van der Waals surface area contributed by atoms with E-state index in [1.165, 1.54) is 24.3 Å². The number of nitriles is 1. The second-order valence-corrected chi connectivity index (χ2v) is 7.70. The van der Waals surface area contributed by atoms with Gasteiger partial charge in [-0.2, -0.15) is 5.26 Å². The Labute approximate surface area is 209 Å². The van der Waals surface area contributed by atoms with Crippen molar-refractivity contribution in [2.75, 3.05) is 0 Å². The molecule has 3 nitrogen and oxygen atoms in total. The van der Waals surface area contributed by atoms with E-state index in [1.807, 2.05) is 86.6 Å². The molecule has 0 radical (unpaired) electrons. The smallest absolute Gasteiger partial charge is 0.160 e. The summed E-state index contributed by atoms with van der Waals surface area (Å²) in [6.07, 6.45) is 0. The van der Waals surface area contributed by atoms with Crippen LogP contribution in [0.3, 0.4) is 0 Å². The van der Waals surface area contributed by atoms with Crippen LogP contribution in [0, 0.1) is 23.0 Å². The van der Waals surface area contributed by atoms with Gasteiger partial charge in [-0.25, -0.2) is 18.7 Å². The summed E-state index contributed by atoms with van der Waals surface area (Å²) in [5, 5.41) is 8.95. The van der Waals surface area contributed by atoms with Gasteiger partial charge in [0.15, 0.2) is 5.82 Å². The van der Waals surface area contributed by atoms with Gasteiger partial charge in [-0.1, -0.05) is 92.7 Å². The van der Waals surface area contributed by atoms with Crippen LogP contribution in [0.5, 0.6) is 0 Å². The van der Waals surface area contributed by atoms with Crippen LogP contribution < -0.4 is 0 Å². The molecule has 0 amide bonds. The van der Waals surface area contributed by atoms with E-state index in [0.717, 1.165) is 17.2 Å². The Morgan fingerprint density at radius 1 is 0.583 bits per heavy atom. The Hall–Kier alpha value is -4.69. The van der Waals surface area contributed by atoms with Crippen LogP contribution >= 0.6 is 0 Å². The molecular weight excluding hydrogens is 452 g/mol. The minimum absolute atomic E-state index is 0.0979. The van der Waals surface area contributed by atoms with Crippen LogP contribution in [0.2, 0.25) is 0 Å². The van der Waals surface area contributed by atoms with Crippen molar-refractivity contribution in [3.63, 3.8) is 0 Å². The standard InChI is InChI=1S/C29H17F2N3.C2H6/c30-25-15-19(18-32)11-13-23(25)24-14-12-22(16-26(24)31)28-17-27(20-7-3-1-4-8-20)33-29(34-28)21-9-5-2-6-10-21;1-2/h1-17H;1-2H3. The lowest BCUT2D eigenvalue weighted by Crippen LogP contribution is -1.97. The summed E-state index contributed by atoms with van der Waals surface area (Å²) in [5.41, 5.74) is 3.98. The third-order valence-corrected chi connectivity index (χ3v) is 5.48. The first-order valence-corrected chi connectivity index (χ1v) is 11.6. The predicted octanol–water partition coefficient (Wildman–Crippen LogP) is 8.32. The molecule has 0 N–H and O–H groups in total. The van der Waals surface area contributed by atoms with E-state index >= 15 is 4.39 Å². The molecule has 0 saturated carbocycles. The first-order chi connectivity index (χ1) is 17.6. The maximum absolute atomic E-state index is 15.2. The fourth-order valence-electron chi connectivity index (χ4n) is 3.76. The predicted molar refractivity (Wildman–Crippen MR) is 140 cm³/mol. The second kappa shape index (κ2) is 11.2. The molecule has 36 heavy (non-hydrogen) atoms. The second-order valence-electron chi connectivity index (χ2n) is 7.70. The van der Waals surface area contributed by atoms with Crippen LogP contribution in [0.1, 0.15) is 19.4 Å². The number of halogens is 2. The number of hydrogen-bond acceptors (Lipinski definition) is 3. The van der Waals surface area contributed by atoms with Crippen molar-refractivity contribution in [3.8, 4) is 51.1 Å². The van der Waals surface area contributed by atoms with Gasteiger partial charge in [-0.3, -0.25) is 0 Å². The van der Waals surface area contributed by atoms with Crippen molar-refractivity contribution in [3.05, 3.63) is 120 Å². The molecule has 5 heteroatoms. The lowest BCUT2D eigenvalue weighted by Gasteiger charge is -2.11. The summed E-state index contributed by atoms with van der Waals surface area (Å²) in [4.78, 5) is 9.43. The van der Waals surface area contributed by atoms with Crippen LogP contribution in [-0.2, 0) is 0 Å². The molecule has 0 saturated heterocycles. The Bertz CT molecular complexity index is 1470. The van der Waals surface area contributed by atoms with Gasteiger partial charge in [-0.05, 0) is 24.3 Å². The van der Waals surface area contributed by atoms with E-state index in [1.54, 1.807) is 6.07 Å². The Morgan fingerprint density at radius 3 is 1.67 bits per heavy atom. The van der Waals surface area contributed by atoms with Gasteiger partial charge in [0.2, 0.25) is 0 Å². The molecule has 0 aliphatic heterocycles. The summed E-state index contributed by atoms with van der Waals surface area (Å²) >= 11 is 0. The summed E-state index contributed by atoms with van der Waals surface area (Å²) in [6, 6.07) is 31.6. The van der Waals surface area contributed by atoms with Crippen LogP contribution in [-0.4, -0.2) is 9.97 Å². The molecule has 1 aromatic heterocycles. The molecule has 0 bridgehead atoms. The Morgan fingerprint density at radius 2 is 1.11 bits per heavy atom. The third kappa shape index (κ3) is 5.18. The fourth-order valence-corrected chi connectivity index (χ4v) is 3.76. The van der Waals surface area contributed by atoms with Crippen molar-refractivity contribution in [2.45, 2.75) is 13.8 Å². The highest BCUT2D eigenvalue weighted by molar-refractivity contribution is 5.74. The number of rotatable bonds is 4. The molecule has 176 valence electrons. The zero-order chi connectivity index (χ0) is 25.5. The molecule has 4 aromatic carbocycles. The van der Waals surface area contributed by atoms with Crippen LogP contribution in [0.25, 0.3) is 45.0 Å². The highest BCUT2D eigenvalue weighted by atomic mass is 19.1. The van der Waals surface area contributed by atoms with E-state index in [0.29, 0.717) is 22.8 Å². The largest absolute Gasteiger partial charge is 0.228 e. The van der Waals surface area contributed by atoms with Crippen molar-refractivity contribution in [1.29, 1.82) is 5.26 Å². The van der Waals surface area contributed by atoms with Crippen molar-refractivity contribution >= 4 is 0 Å². The summed E-state index contributed by atoms with van der Waals surface area (Å²) in [6.45, 7) is 4.00. The maximum atomic E-state index is 15.2. The third-order valence-electron chi connectivity index (χ3n) is 5.48. The number of nitrogens with zero attached hydrogens (tertiary/aromatic N) is 3. The Kier molecular flexibility index (Phi) is 7.57. The topological polar surface area (TPSA) is 49.6 Å². The molecule has 0 spiro atoms. The van der Waals surface area contributed by atoms with Crippen molar-refractivity contribution in [2.24, 2.45) is 0 Å². The maximum Gasteiger partial charge on any atom is 0.160 e. The first kappa shape index (κ1) is 24.4. The van der Waals surface area contributed by atoms with Crippen molar-refractivity contribution < 1.29 is 8.78 Å². The zero-order valence-electron chi connectivity index (χ0n) is 19.9. The van der Waals surface area contributed by atoms with Gasteiger partial charge in [0.25, 0.3) is 0 Å². The fraction of sp³-hybridized carbons (Fsp3) is 0.0645. The minimum Gasteiger partial charge on any atom is -0.228 e. The molecule has 1 heterocycles. The molecule has 5 rings (SSSR count). The normalized spacial score (nSPS) is 10.2. The quantitative estimate of drug-likeness (QED) is 0.263. The average molecular weight is 476 g/mol. The van der Waals surface area contributed by atoms with Crippen molar-refractivity contribution in [1.82, 2.24) is 9.97 Å². The minimum atomic E-state index is -0.648. The number of hydrogen-bond donors (Lipinski definition) is 0. The highest BCUT2D eigenvalue weighted by Crippen LogP contribution is 2.32. The Balaban J connectivity index is 0.00000148.